The summed E-state index contributed by atoms with van der Waals surface area (Å²) < 4.78 is 0. The summed E-state index contributed by atoms with van der Waals surface area (Å²) in [7, 11) is 0. The third kappa shape index (κ3) is 2.29. The molecule has 0 spiro atoms. The van der Waals surface area contributed by atoms with Crippen molar-refractivity contribution in [3.63, 3.8) is 0 Å². The lowest BCUT2D eigenvalue weighted by atomic mass is 9.94. The number of nitrogens with one attached hydrogen (secondary N) is 2. The molecular formula is C12H15N3O2. The highest BCUT2D eigenvalue weighted by Gasteiger charge is 2.18. The molecule has 2 amide bonds. The van der Waals surface area contributed by atoms with Crippen LogP contribution in [0, 0.1) is 0 Å². The van der Waals surface area contributed by atoms with Gasteiger partial charge in [0.05, 0.1) is 5.92 Å². The lowest BCUT2D eigenvalue weighted by Crippen LogP contribution is -2.33. The molecule has 0 saturated carbocycles. The maximum Gasteiger partial charge on any atom is 0.241 e. The lowest BCUT2D eigenvalue weighted by Gasteiger charge is -2.19. The van der Waals surface area contributed by atoms with Crippen molar-refractivity contribution < 1.29 is 9.59 Å². The quantitative estimate of drug-likeness (QED) is 0.398. The number of benzene rings is 1. The first-order chi connectivity index (χ1) is 8.11. The number of carbonyl (C=O) groups is 2. The zero-order valence-electron chi connectivity index (χ0n) is 9.62. The molecule has 4 N–H and O–H groups in total. The Morgan fingerprint density at radius 3 is 2.94 bits per heavy atom. The van der Waals surface area contributed by atoms with Gasteiger partial charge in [-0.3, -0.25) is 15.0 Å². The summed E-state index contributed by atoms with van der Waals surface area (Å²) in [5, 5.41) is 2.81. The topological polar surface area (TPSA) is 84.2 Å². The fourth-order valence-corrected chi connectivity index (χ4v) is 1.95. The molecule has 1 aromatic carbocycles. The largest absolute Gasteiger partial charge is 0.326 e. The van der Waals surface area contributed by atoms with Crippen LogP contribution < -0.4 is 16.6 Å². The lowest BCUT2D eigenvalue weighted by molar-refractivity contribution is -0.122. The molecule has 1 atom stereocenters. The van der Waals surface area contributed by atoms with Gasteiger partial charge in [-0.2, -0.15) is 0 Å². The third-order valence-corrected chi connectivity index (χ3v) is 3.06. The molecule has 1 aromatic rings. The first-order valence-corrected chi connectivity index (χ1v) is 5.55. The van der Waals surface area contributed by atoms with Crippen molar-refractivity contribution in [2.24, 2.45) is 5.84 Å². The van der Waals surface area contributed by atoms with Gasteiger partial charge in [-0.05, 0) is 30.5 Å². The number of hydrogen-bond acceptors (Lipinski definition) is 3. The zero-order chi connectivity index (χ0) is 12.4. The smallest absolute Gasteiger partial charge is 0.241 e. The van der Waals surface area contributed by atoms with Gasteiger partial charge in [0.15, 0.2) is 0 Å². The fourth-order valence-electron chi connectivity index (χ4n) is 1.95. The number of anilines is 1. The van der Waals surface area contributed by atoms with Crippen LogP contribution >= 0.6 is 0 Å². The molecule has 1 heterocycles. The van der Waals surface area contributed by atoms with Crippen molar-refractivity contribution >= 4 is 17.5 Å². The minimum atomic E-state index is -0.289. The van der Waals surface area contributed by atoms with Crippen LogP contribution in [0.5, 0.6) is 0 Å². The van der Waals surface area contributed by atoms with E-state index in [0.29, 0.717) is 12.8 Å². The summed E-state index contributed by atoms with van der Waals surface area (Å²) in [6, 6.07) is 5.63. The Labute approximate surface area is 99.3 Å². The first-order valence-electron chi connectivity index (χ1n) is 5.55. The minimum absolute atomic E-state index is 0.0398. The van der Waals surface area contributed by atoms with Crippen LogP contribution in [0.2, 0.25) is 0 Å². The molecule has 0 aliphatic carbocycles. The van der Waals surface area contributed by atoms with Gasteiger partial charge >= 0.3 is 0 Å². The van der Waals surface area contributed by atoms with Crippen LogP contribution in [0.15, 0.2) is 18.2 Å². The van der Waals surface area contributed by atoms with Crippen LogP contribution in [0.4, 0.5) is 5.69 Å². The van der Waals surface area contributed by atoms with Gasteiger partial charge in [0, 0.05) is 12.1 Å². The maximum atomic E-state index is 11.4. The van der Waals surface area contributed by atoms with Gasteiger partial charge in [0.25, 0.3) is 0 Å². The van der Waals surface area contributed by atoms with Gasteiger partial charge < -0.3 is 5.32 Å². The third-order valence-electron chi connectivity index (χ3n) is 3.06. The summed E-state index contributed by atoms with van der Waals surface area (Å²) in [6.45, 7) is 1.80. The fraction of sp³-hybridized carbons (Fsp3) is 0.333. The highest BCUT2D eigenvalue weighted by molar-refractivity contribution is 5.94. The molecule has 1 aliphatic heterocycles. The number of hydrazine groups is 1. The number of hydrogen-bond donors (Lipinski definition) is 3. The second-order valence-corrected chi connectivity index (χ2v) is 4.20. The molecule has 0 aromatic heterocycles. The first kappa shape index (κ1) is 11.6. The van der Waals surface area contributed by atoms with Crippen molar-refractivity contribution in [2.75, 3.05) is 5.32 Å². The molecule has 2 rings (SSSR count). The molecule has 17 heavy (non-hydrogen) atoms. The Balaban J connectivity index is 2.28. The van der Waals surface area contributed by atoms with Crippen LogP contribution in [-0.4, -0.2) is 11.8 Å². The number of aryl methyl sites for hydroxylation is 1. The Morgan fingerprint density at radius 1 is 1.47 bits per heavy atom. The molecule has 0 fully saturated rings. The van der Waals surface area contributed by atoms with Gasteiger partial charge in [-0.15, -0.1) is 0 Å². The number of carbonyl (C=O) groups excluding carboxylic acids is 2. The van der Waals surface area contributed by atoms with Crippen molar-refractivity contribution in [3.05, 3.63) is 29.3 Å². The Morgan fingerprint density at radius 2 is 2.24 bits per heavy atom. The number of rotatable bonds is 2. The maximum absolute atomic E-state index is 11.4. The predicted octanol–water partition coefficient (Wildman–Crippen LogP) is 0.665. The molecule has 90 valence electrons. The molecule has 0 bridgehead atoms. The van der Waals surface area contributed by atoms with Crippen molar-refractivity contribution in [1.82, 2.24) is 5.43 Å². The Bertz CT molecular complexity index is 471. The molecule has 1 unspecified atom stereocenters. The Hall–Kier alpha value is -1.88. The van der Waals surface area contributed by atoms with Crippen LogP contribution in [0.3, 0.4) is 0 Å². The summed E-state index contributed by atoms with van der Waals surface area (Å²) in [5.74, 6) is 4.64. The monoisotopic (exact) mass is 233 g/mol. The second-order valence-electron chi connectivity index (χ2n) is 4.20. The zero-order valence-corrected chi connectivity index (χ0v) is 9.62. The summed E-state index contributed by atoms with van der Waals surface area (Å²) >= 11 is 0. The SMILES string of the molecule is CC(C(=O)NN)c1ccc2c(c1)CCC(=O)N2. The molecule has 5 nitrogen and oxygen atoms in total. The van der Waals surface area contributed by atoms with Crippen molar-refractivity contribution in [3.8, 4) is 0 Å². The van der Waals surface area contributed by atoms with E-state index in [2.05, 4.69) is 10.7 Å². The van der Waals surface area contributed by atoms with E-state index < -0.39 is 0 Å². The summed E-state index contributed by atoms with van der Waals surface area (Å²) in [4.78, 5) is 22.6. The average Bonchev–Trinajstić information content (AvgIpc) is 2.36. The molecule has 1 aliphatic rings. The van der Waals surface area contributed by atoms with Gasteiger partial charge in [0.1, 0.15) is 0 Å². The van der Waals surface area contributed by atoms with E-state index in [4.69, 9.17) is 5.84 Å². The average molecular weight is 233 g/mol. The highest BCUT2D eigenvalue weighted by atomic mass is 16.2. The number of nitrogens with two attached hydrogens (primary N) is 1. The summed E-state index contributed by atoms with van der Waals surface area (Å²) in [5.41, 5.74) is 4.95. The second kappa shape index (κ2) is 4.55. The molecule has 5 heteroatoms. The standard InChI is InChI=1S/C12H15N3O2/c1-7(12(17)15-13)8-2-4-10-9(6-8)3-5-11(16)14-10/h2,4,6-7H,3,5,13H2,1H3,(H,14,16)(H,15,17). The van der Waals surface area contributed by atoms with E-state index in [0.717, 1.165) is 16.8 Å². The van der Waals surface area contributed by atoms with E-state index in [1.54, 1.807) is 6.92 Å². The van der Waals surface area contributed by atoms with Crippen molar-refractivity contribution in [1.29, 1.82) is 0 Å². The van der Waals surface area contributed by atoms with E-state index >= 15 is 0 Å². The number of fused-ring (bicyclic) bond motifs is 1. The predicted molar refractivity (Wildman–Crippen MR) is 64.1 cm³/mol. The van der Waals surface area contributed by atoms with Crippen molar-refractivity contribution in [2.45, 2.75) is 25.7 Å². The number of amides is 2. The highest BCUT2D eigenvalue weighted by Crippen LogP contribution is 2.26. The molecule has 0 saturated heterocycles. The molecular weight excluding hydrogens is 218 g/mol. The van der Waals surface area contributed by atoms with Gasteiger partial charge in [-0.25, -0.2) is 5.84 Å². The van der Waals surface area contributed by atoms with Gasteiger partial charge in [-0.1, -0.05) is 12.1 Å². The van der Waals surface area contributed by atoms with E-state index in [1.807, 2.05) is 18.2 Å². The Kier molecular flexibility index (Phi) is 3.10. The van der Waals surface area contributed by atoms with Crippen LogP contribution in [-0.2, 0) is 16.0 Å². The minimum Gasteiger partial charge on any atom is -0.326 e. The summed E-state index contributed by atoms with van der Waals surface area (Å²) in [6.07, 6.45) is 1.21. The van der Waals surface area contributed by atoms with E-state index in [-0.39, 0.29) is 17.7 Å². The molecule has 0 radical (unpaired) electrons. The normalized spacial score (nSPS) is 15.8. The van der Waals surface area contributed by atoms with Gasteiger partial charge in [0.2, 0.25) is 11.8 Å². The van der Waals surface area contributed by atoms with E-state index in [9.17, 15) is 9.59 Å². The van der Waals surface area contributed by atoms with Crippen LogP contribution in [0.1, 0.15) is 30.4 Å². The van der Waals surface area contributed by atoms with E-state index in [1.165, 1.54) is 0 Å². The van der Waals surface area contributed by atoms with Crippen LogP contribution in [0.25, 0.3) is 0 Å².